The molecular formula is C18H19N5O2S. The lowest BCUT2D eigenvalue weighted by Gasteiger charge is -2.14. The maximum absolute atomic E-state index is 8.10. The number of guanidine groups is 1. The number of aromatic nitrogens is 2. The van der Waals surface area contributed by atoms with Crippen molar-refractivity contribution in [3.63, 3.8) is 0 Å². The summed E-state index contributed by atoms with van der Waals surface area (Å²) in [5.41, 5.74) is 2.68. The van der Waals surface area contributed by atoms with Crippen LogP contribution in [-0.4, -0.2) is 30.1 Å². The van der Waals surface area contributed by atoms with Gasteiger partial charge in [0.05, 0.1) is 32.0 Å². The van der Waals surface area contributed by atoms with E-state index in [1.807, 2.05) is 35.7 Å². The number of nitrogens with zero attached hydrogens (tertiary/aromatic N) is 2. The van der Waals surface area contributed by atoms with E-state index in [1.54, 1.807) is 26.6 Å². The van der Waals surface area contributed by atoms with Crippen LogP contribution < -0.4 is 20.1 Å². The topological polar surface area (TPSA) is 92.2 Å². The van der Waals surface area contributed by atoms with Gasteiger partial charge in [0.2, 0.25) is 0 Å². The van der Waals surface area contributed by atoms with Gasteiger partial charge in [0.25, 0.3) is 0 Å². The standard InChI is InChI=1S/C18H19N5O2S/c1-24-15-4-3-5-16(25-2)13(15)10-21-17(19)23-18-22-14(11-26-18)12-6-8-20-9-7-12/h3-9,11H,10H2,1-2H3,(H3,19,21,22,23). The highest BCUT2D eigenvalue weighted by Gasteiger charge is 2.11. The Labute approximate surface area is 155 Å². The maximum atomic E-state index is 8.10. The normalized spacial score (nSPS) is 10.2. The maximum Gasteiger partial charge on any atom is 0.195 e. The van der Waals surface area contributed by atoms with Crippen molar-refractivity contribution in [2.75, 3.05) is 19.5 Å². The predicted molar refractivity (Wildman–Crippen MR) is 103 cm³/mol. The van der Waals surface area contributed by atoms with Crippen LogP contribution in [0.15, 0.2) is 48.1 Å². The summed E-state index contributed by atoms with van der Waals surface area (Å²) in [4.78, 5) is 8.50. The molecule has 0 spiro atoms. The first-order chi connectivity index (χ1) is 12.7. The van der Waals surface area contributed by atoms with Crippen LogP contribution in [0.3, 0.4) is 0 Å². The van der Waals surface area contributed by atoms with Crippen LogP contribution in [0.4, 0.5) is 5.13 Å². The second kappa shape index (κ2) is 8.30. The van der Waals surface area contributed by atoms with Crippen LogP contribution in [0, 0.1) is 5.41 Å². The molecule has 2 heterocycles. The lowest BCUT2D eigenvalue weighted by molar-refractivity contribution is 0.384. The minimum atomic E-state index is 0.147. The average Bonchev–Trinajstić information content (AvgIpc) is 3.15. The molecule has 0 aliphatic rings. The number of thiazole rings is 1. The van der Waals surface area contributed by atoms with Gasteiger partial charge in [-0.1, -0.05) is 6.07 Å². The van der Waals surface area contributed by atoms with E-state index < -0.39 is 0 Å². The van der Waals surface area contributed by atoms with Gasteiger partial charge >= 0.3 is 0 Å². The number of hydrogen-bond donors (Lipinski definition) is 3. The lowest BCUT2D eigenvalue weighted by atomic mass is 10.1. The summed E-state index contributed by atoms with van der Waals surface area (Å²) in [6.07, 6.45) is 3.46. The molecule has 134 valence electrons. The molecule has 0 unspecified atom stereocenters. The zero-order chi connectivity index (χ0) is 18.4. The molecular weight excluding hydrogens is 350 g/mol. The van der Waals surface area contributed by atoms with E-state index in [9.17, 15) is 0 Å². The zero-order valence-electron chi connectivity index (χ0n) is 14.4. The molecule has 26 heavy (non-hydrogen) atoms. The van der Waals surface area contributed by atoms with Crippen molar-refractivity contribution in [2.45, 2.75) is 6.54 Å². The van der Waals surface area contributed by atoms with Crippen molar-refractivity contribution in [1.82, 2.24) is 15.3 Å². The Bertz CT molecular complexity index is 860. The molecule has 0 radical (unpaired) electrons. The van der Waals surface area contributed by atoms with Gasteiger partial charge in [-0.25, -0.2) is 4.98 Å². The molecule has 0 fully saturated rings. The van der Waals surface area contributed by atoms with Gasteiger partial charge in [0.1, 0.15) is 11.5 Å². The van der Waals surface area contributed by atoms with Crippen LogP contribution in [0.2, 0.25) is 0 Å². The molecule has 0 saturated heterocycles. The Morgan fingerprint density at radius 3 is 2.46 bits per heavy atom. The Hall–Kier alpha value is -3.13. The predicted octanol–water partition coefficient (Wildman–Crippen LogP) is 3.36. The first-order valence-corrected chi connectivity index (χ1v) is 8.74. The highest BCUT2D eigenvalue weighted by Crippen LogP contribution is 2.28. The molecule has 0 aliphatic heterocycles. The average molecular weight is 369 g/mol. The van der Waals surface area contributed by atoms with Crippen molar-refractivity contribution >= 4 is 22.4 Å². The van der Waals surface area contributed by atoms with Gasteiger partial charge < -0.3 is 20.1 Å². The molecule has 0 amide bonds. The van der Waals surface area contributed by atoms with E-state index in [1.165, 1.54) is 11.3 Å². The highest BCUT2D eigenvalue weighted by atomic mass is 32.1. The summed E-state index contributed by atoms with van der Waals surface area (Å²) in [5, 5.41) is 16.7. The first-order valence-electron chi connectivity index (χ1n) is 7.86. The molecule has 2 aromatic heterocycles. The Morgan fingerprint density at radius 1 is 1.12 bits per heavy atom. The number of rotatable bonds is 6. The highest BCUT2D eigenvalue weighted by molar-refractivity contribution is 7.14. The third-order valence-corrected chi connectivity index (χ3v) is 4.44. The van der Waals surface area contributed by atoms with Gasteiger partial charge in [0.15, 0.2) is 11.1 Å². The summed E-state index contributed by atoms with van der Waals surface area (Å²) in [6, 6.07) is 9.38. The molecule has 7 nitrogen and oxygen atoms in total. The van der Waals surface area contributed by atoms with Crippen LogP contribution in [0.5, 0.6) is 11.5 Å². The van der Waals surface area contributed by atoms with Gasteiger partial charge in [-0.2, -0.15) is 0 Å². The Kier molecular flexibility index (Phi) is 5.65. The molecule has 3 N–H and O–H groups in total. The number of anilines is 1. The van der Waals surface area contributed by atoms with Gasteiger partial charge in [-0.15, -0.1) is 11.3 Å². The molecule has 8 heteroatoms. The van der Waals surface area contributed by atoms with Crippen LogP contribution >= 0.6 is 11.3 Å². The smallest absolute Gasteiger partial charge is 0.195 e. The molecule has 3 aromatic rings. The van der Waals surface area contributed by atoms with E-state index in [0.717, 1.165) is 16.8 Å². The zero-order valence-corrected chi connectivity index (χ0v) is 15.3. The number of nitrogens with one attached hydrogen (secondary N) is 3. The molecule has 3 rings (SSSR count). The van der Waals surface area contributed by atoms with Crippen LogP contribution in [0.1, 0.15) is 5.56 Å². The largest absolute Gasteiger partial charge is 0.496 e. The van der Waals surface area contributed by atoms with E-state index in [2.05, 4.69) is 20.6 Å². The van der Waals surface area contributed by atoms with Crippen molar-refractivity contribution in [2.24, 2.45) is 0 Å². The van der Waals surface area contributed by atoms with E-state index in [-0.39, 0.29) is 5.96 Å². The molecule has 1 aromatic carbocycles. The van der Waals surface area contributed by atoms with Crippen molar-refractivity contribution in [3.05, 3.63) is 53.7 Å². The van der Waals surface area contributed by atoms with E-state index in [0.29, 0.717) is 23.2 Å². The minimum absolute atomic E-state index is 0.147. The Balaban J connectivity index is 1.63. The van der Waals surface area contributed by atoms with Crippen molar-refractivity contribution in [3.8, 4) is 22.8 Å². The van der Waals surface area contributed by atoms with Crippen molar-refractivity contribution in [1.29, 1.82) is 5.41 Å². The molecule has 0 aliphatic carbocycles. The fraction of sp³-hybridized carbons (Fsp3) is 0.167. The quantitative estimate of drug-likeness (QED) is 0.456. The third-order valence-electron chi connectivity index (χ3n) is 3.68. The molecule has 0 bridgehead atoms. The molecule has 0 atom stereocenters. The summed E-state index contributed by atoms with van der Waals surface area (Å²) in [5.74, 6) is 1.56. The van der Waals surface area contributed by atoms with Gasteiger partial charge in [-0.3, -0.25) is 10.4 Å². The fourth-order valence-electron chi connectivity index (χ4n) is 2.42. The summed E-state index contributed by atoms with van der Waals surface area (Å²) >= 11 is 1.44. The van der Waals surface area contributed by atoms with Crippen LogP contribution in [-0.2, 0) is 6.54 Å². The number of methoxy groups -OCH3 is 2. The number of hydrogen-bond acceptors (Lipinski definition) is 6. The number of benzene rings is 1. The van der Waals surface area contributed by atoms with E-state index in [4.69, 9.17) is 14.9 Å². The second-order valence-corrected chi connectivity index (χ2v) is 6.13. The third kappa shape index (κ3) is 4.09. The monoisotopic (exact) mass is 369 g/mol. The number of pyridine rings is 1. The fourth-order valence-corrected chi connectivity index (χ4v) is 3.14. The SMILES string of the molecule is COc1cccc(OC)c1CNC(=N)Nc1nc(-c2ccncc2)cs1. The summed E-state index contributed by atoms with van der Waals surface area (Å²) in [6.45, 7) is 0.390. The minimum Gasteiger partial charge on any atom is -0.496 e. The lowest BCUT2D eigenvalue weighted by Crippen LogP contribution is -2.29. The van der Waals surface area contributed by atoms with Crippen LogP contribution in [0.25, 0.3) is 11.3 Å². The van der Waals surface area contributed by atoms with Crippen molar-refractivity contribution < 1.29 is 9.47 Å². The van der Waals surface area contributed by atoms with E-state index >= 15 is 0 Å². The first kappa shape index (κ1) is 17.7. The van der Waals surface area contributed by atoms with Gasteiger partial charge in [-0.05, 0) is 24.3 Å². The Morgan fingerprint density at radius 2 is 1.81 bits per heavy atom. The van der Waals surface area contributed by atoms with Gasteiger partial charge in [0, 0.05) is 23.3 Å². The second-order valence-electron chi connectivity index (χ2n) is 5.27. The summed E-state index contributed by atoms with van der Waals surface area (Å²) in [7, 11) is 3.22. The summed E-state index contributed by atoms with van der Waals surface area (Å²) < 4.78 is 10.7. The molecule has 0 saturated carbocycles. The number of ether oxygens (including phenoxy) is 2.